The van der Waals surface area contributed by atoms with E-state index in [0.29, 0.717) is 19.3 Å². The van der Waals surface area contributed by atoms with E-state index in [1.807, 2.05) is 0 Å². The van der Waals surface area contributed by atoms with Gasteiger partial charge in [-0.3, -0.25) is 14.4 Å². The summed E-state index contributed by atoms with van der Waals surface area (Å²) in [6.07, 6.45) is 82.0. The maximum Gasteiger partial charge on any atom is 0.306 e. The monoisotopic (exact) mass is 1050 g/mol. The normalized spacial score (nSPS) is 12.5. The molecule has 0 aromatic rings. The van der Waals surface area contributed by atoms with Crippen LogP contribution in [0.4, 0.5) is 0 Å². The van der Waals surface area contributed by atoms with Gasteiger partial charge in [-0.15, -0.1) is 0 Å². The van der Waals surface area contributed by atoms with Gasteiger partial charge in [0.1, 0.15) is 13.2 Å². The van der Waals surface area contributed by atoms with Crippen LogP contribution in [0.1, 0.15) is 329 Å². The molecular formula is C69H122O6. The minimum atomic E-state index is -0.799. The molecule has 0 fully saturated rings. The highest BCUT2D eigenvalue weighted by atomic mass is 16.6. The van der Waals surface area contributed by atoms with E-state index < -0.39 is 6.10 Å². The zero-order valence-corrected chi connectivity index (χ0v) is 49.8. The number of esters is 3. The Hall–Kier alpha value is -3.15. The highest BCUT2D eigenvalue weighted by Gasteiger charge is 2.19. The highest BCUT2D eigenvalue weighted by Crippen LogP contribution is 2.17. The molecule has 0 saturated heterocycles. The van der Waals surface area contributed by atoms with E-state index in [-0.39, 0.29) is 37.5 Å². The second-order valence-electron chi connectivity index (χ2n) is 21.6. The van der Waals surface area contributed by atoms with E-state index in [1.54, 1.807) is 0 Å². The van der Waals surface area contributed by atoms with E-state index in [9.17, 15) is 14.4 Å². The molecule has 0 saturated carbocycles. The zero-order chi connectivity index (χ0) is 54.3. The Morgan fingerprint density at radius 3 is 0.880 bits per heavy atom. The van der Waals surface area contributed by atoms with Crippen molar-refractivity contribution in [2.45, 2.75) is 335 Å². The molecule has 6 nitrogen and oxygen atoms in total. The lowest BCUT2D eigenvalue weighted by Crippen LogP contribution is -2.30. The molecule has 0 heterocycles. The number of unbranched alkanes of at least 4 members (excludes halogenated alkanes) is 36. The van der Waals surface area contributed by atoms with Crippen LogP contribution in [0.15, 0.2) is 72.9 Å². The van der Waals surface area contributed by atoms with Gasteiger partial charge in [0.25, 0.3) is 0 Å². The molecule has 0 unspecified atom stereocenters. The maximum absolute atomic E-state index is 12.9. The van der Waals surface area contributed by atoms with Crippen molar-refractivity contribution in [2.24, 2.45) is 0 Å². The molecule has 0 amide bonds. The molecule has 0 radical (unpaired) electrons. The largest absolute Gasteiger partial charge is 0.462 e. The summed E-state index contributed by atoms with van der Waals surface area (Å²) in [6, 6.07) is 0. The Balaban J connectivity index is 4.40. The Bertz CT molecular complexity index is 1390. The maximum atomic E-state index is 12.9. The Kier molecular flexibility index (Phi) is 60.7. The van der Waals surface area contributed by atoms with Gasteiger partial charge in [-0.1, -0.05) is 299 Å². The van der Waals surface area contributed by atoms with E-state index in [1.165, 1.54) is 205 Å². The van der Waals surface area contributed by atoms with Crippen molar-refractivity contribution in [1.82, 2.24) is 0 Å². The first-order chi connectivity index (χ1) is 37.0. The predicted octanol–water partition coefficient (Wildman–Crippen LogP) is 22.1. The number of rotatable bonds is 59. The molecule has 0 spiro atoms. The van der Waals surface area contributed by atoms with Crippen LogP contribution in [0, 0.1) is 0 Å². The van der Waals surface area contributed by atoms with Crippen LogP contribution in [0.25, 0.3) is 0 Å². The number of ether oxygens (including phenoxy) is 3. The minimum absolute atomic E-state index is 0.0907. The fraction of sp³-hybridized carbons (Fsp3) is 0.783. The first-order valence-corrected chi connectivity index (χ1v) is 32.4. The van der Waals surface area contributed by atoms with Gasteiger partial charge in [0.2, 0.25) is 0 Å². The summed E-state index contributed by atoms with van der Waals surface area (Å²) < 4.78 is 16.9. The van der Waals surface area contributed by atoms with Gasteiger partial charge >= 0.3 is 17.9 Å². The van der Waals surface area contributed by atoms with Gasteiger partial charge in [-0.25, -0.2) is 0 Å². The van der Waals surface area contributed by atoms with Crippen molar-refractivity contribution in [3.05, 3.63) is 72.9 Å². The van der Waals surface area contributed by atoms with Crippen LogP contribution in [-0.2, 0) is 28.6 Å². The van der Waals surface area contributed by atoms with Crippen molar-refractivity contribution in [2.75, 3.05) is 13.2 Å². The molecule has 0 aromatic heterocycles. The Labute approximate surface area is 465 Å². The lowest BCUT2D eigenvalue weighted by molar-refractivity contribution is -0.167. The second-order valence-corrected chi connectivity index (χ2v) is 21.6. The molecule has 1 atom stereocenters. The number of carbonyl (C=O) groups is 3. The minimum Gasteiger partial charge on any atom is -0.462 e. The van der Waals surface area contributed by atoms with E-state index in [2.05, 4.69) is 93.7 Å². The fourth-order valence-corrected chi connectivity index (χ4v) is 9.36. The topological polar surface area (TPSA) is 78.9 Å². The SMILES string of the molecule is CC/C=C\C/C=C\C/C=C\C/C=C\C/C=C\CCCC(=O)OC[C@H](COC(=O)CCCCCCCCCCCCCCCCCCCCCCC)OC(=O)CCCCCCCCCCC/C=C\CCCCCCCC. The average molecular weight is 1050 g/mol. The summed E-state index contributed by atoms with van der Waals surface area (Å²) >= 11 is 0. The predicted molar refractivity (Wildman–Crippen MR) is 325 cm³/mol. The van der Waals surface area contributed by atoms with Crippen LogP contribution in [0.5, 0.6) is 0 Å². The molecule has 0 aliphatic carbocycles. The molecule has 0 aliphatic heterocycles. The fourth-order valence-electron chi connectivity index (χ4n) is 9.36. The van der Waals surface area contributed by atoms with E-state index >= 15 is 0 Å². The summed E-state index contributed by atoms with van der Waals surface area (Å²) in [5.41, 5.74) is 0. The Morgan fingerprint density at radius 2 is 0.533 bits per heavy atom. The van der Waals surface area contributed by atoms with Crippen LogP contribution >= 0.6 is 0 Å². The van der Waals surface area contributed by atoms with Gasteiger partial charge in [0.05, 0.1) is 0 Å². The lowest BCUT2D eigenvalue weighted by atomic mass is 10.0. The number of allylic oxidation sites excluding steroid dienone is 12. The van der Waals surface area contributed by atoms with Crippen LogP contribution in [0.3, 0.4) is 0 Å². The molecule has 6 heteroatoms. The third kappa shape index (κ3) is 61.6. The molecule has 434 valence electrons. The first kappa shape index (κ1) is 71.8. The third-order valence-corrected chi connectivity index (χ3v) is 14.2. The summed E-state index contributed by atoms with van der Waals surface area (Å²) in [5.74, 6) is -0.936. The number of hydrogen-bond donors (Lipinski definition) is 0. The molecule has 0 aliphatic rings. The van der Waals surface area contributed by atoms with Crippen molar-refractivity contribution < 1.29 is 28.6 Å². The molecule has 0 rings (SSSR count). The molecule has 0 aromatic carbocycles. The van der Waals surface area contributed by atoms with Crippen molar-refractivity contribution in [3.63, 3.8) is 0 Å². The van der Waals surface area contributed by atoms with Crippen molar-refractivity contribution in [1.29, 1.82) is 0 Å². The summed E-state index contributed by atoms with van der Waals surface area (Å²) in [6.45, 7) is 6.52. The second kappa shape index (κ2) is 63.4. The van der Waals surface area contributed by atoms with E-state index in [4.69, 9.17) is 14.2 Å². The van der Waals surface area contributed by atoms with Gasteiger partial charge in [0.15, 0.2) is 6.10 Å². The lowest BCUT2D eigenvalue weighted by Gasteiger charge is -2.18. The third-order valence-electron chi connectivity index (χ3n) is 14.2. The molecule has 0 N–H and O–H groups in total. The number of hydrogen-bond acceptors (Lipinski definition) is 6. The molecular weight excluding hydrogens is 925 g/mol. The smallest absolute Gasteiger partial charge is 0.306 e. The summed E-state index contributed by atoms with van der Waals surface area (Å²) in [7, 11) is 0. The van der Waals surface area contributed by atoms with Crippen LogP contribution in [0.2, 0.25) is 0 Å². The summed E-state index contributed by atoms with van der Waals surface area (Å²) in [5, 5.41) is 0. The highest BCUT2D eigenvalue weighted by molar-refractivity contribution is 5.71. The molecule has 75 heavy (non-hydrogen) atoms. The van der Waals surface area contributed by atoms with Gasteiger partial charge < -0.3 is 14.2 Å². The van der Waals surface area contributed by atoms with Crippen LogP contribution < -0.4 is 0 Å². The molecule has 0 bridgehead atoms. The first-order valence-electron chi connectivity index (χ1n) is 32.4. The number of carbonyl (C=O) groups excluding carboxylic acids is 3. The van der Waals surface area contributed by atoms with E-state index in [0.717, 1.165) is 77.0 Å². The standard InChI is InChI=1S/C69H122O6/c1-4-7-10-13-16-19-22-25-28-31-33-34-36-38-41-44-47-50-53-56-59-62-68(71)74-65-66(64-73-67(70)61-58-55-52-49-46-43-40-37-30-27-24-21-18-15-12-9-6-3)75-69(72)63-60-57-54-51-48-45-42-39-35-32-29-26-23-20-17-14-11-8-5-2/h9,12,18,21,26-27,29-30,40,43,49,52,66H,4-8,10-11,13-17,19-20,22-25,28,31-39,41-42,44-48,50-51,53-65H2,1-3H3/b12-9-,21-18-,29-26-,30-27-,43-40-,52-49-/t66-/m1/s1. The van der Waals surface area contributed by atoms with Gasteiger partial charge in [-0.05, 0) is 83.5 Å². The van der Waals surface area contributed by atoms with Gasteiger partial charge in [0, 0.05) is 19.3 Å². The average Bonchev–Trinajstić information content (AvgIpc) is 3.41. The van der Waals surface area contributed by atoms with Crippen molar-refractivity contribution >= 4 is 17.9 Å². The Morgan fingerprint density at radius 1 is 0.280 bits per heavy atom. The van der Waals surface area contributed by atoms with Crippen LogP contribution in [-0.4, -0.2) is 37.2 Å². The van der Waals surface area contributed by atoms with Gasteiger partial charge in [-0.2, -0.15) is 0 Å². The quantitative estimate of drug-likeness (QED) is 0.0261. The zero-order valence-electron chi connectivity index (χ0n) is 49.8. The van der Waals surface area contributed by atoms with Crippen molar-refractivity contribution in [3.8, 4) is 0 Å². The summed E-state index contributed by atoms with van der Waals surface area (Å²) in [4.78, 5) is 38.3.